The molecule has 0 radical (unpaired) electrons. The molecule has 0 atom stereocenters. The third-order valence-electron chi connectivity index (χ3n) is 4.37. The SMILES string of the molecule is CCN(CC)S(=O)(=O)c1ccc(C)c(NC(=O)CNc2ccccc2OC)c1. The average Bonchev–Trinajstić information content (AvgIpc) is 2.68. The Hall–Kier alpha value is -2.58. The van der Waals surface area contributed by atoms with Crippen molar-refractivity contribution in [2.24, 2.45) is 0 Å². The van der Waals surface area contributed by atoms with E-state index in [1.807, 2.05) is 25.1 Å². The summed E-state index contributed by atoms with van der Waals surface area (Å²) in [6, 6.07) is 12.1. The molecule has 0 aliphatic carbocycles. The molecule has 2 aromatic carbocycles. The van der Waals surface area contributed by atoms with Crippen LogP contribution in [0.4, 0.5) is 11.4 Å². The van der Waals surface area contributed by atoms with Crippen molar-refractivity contribution in [1.82, 2.24) is 4.31 Å². The van der Waals surface area contributed by atoms with Gasteiger partial charge in [0.1, 0.15) is 5.75 Å². The molecule has 0 heterocycles. The van der Waals surface area contributed by atoms with Crippen molar-refractivity contribution in [3.63, 3.8) is 0 Å². The summed E-state index contributed by atoms with van der Waals surface area (Å²) in [4.78, 5) is 12.5. The highest BCUT2D eigenvalue weighted by molar-refractivity contribution is 7.89. The van der Waals surface area contributed by atoms with E-state index >= 15 is 0 Å². The first-order chi connectivity index (χ1) is 13.3. The number of amides is 1. The summed E-state index contributed by atoms with van der Waals surface area (Å²) in [6.45, 7) is 6.20. The van der Waals surface area contributed by atoms with Crippen molar-refractivity contribution in [3.05, 3.63) is 48.0 Å². The first-order valence-electron chi connectivity index (χ1n) is 9.11. The quantitative estimate of drug-likeness (QED) is 0.669. The zero-order valence-corrected chi connectivity index (χ0v) is 17.5. The van der Waals surface area contributed by atoms with Gasteiger partial charge in [-0.15, -0.1) is 0 Å². The van der Waals surface area contributed by atoms with E-state index in [1.165, 1.54) is 10.4 Å². The van der Waals surface area contributed by atoms with E-state index in [4.69, 9.17) is 4.74 Å². The Morgan fingerprint density at radius 2 is 1.75 bits per heavy atom. The lowest BCUT2D eigenvalue weighted by Crippen LogP contribution is -2.30. The molecule has 152 valence electrons. The number of anilines is 2. The van der Waals surface area contributed by atoms with E-state index in [0.717, 1.165) is 5.56 Å². The summed E-state index contributed by atoms with van der Waals surface area (Å²) in [6.07, 6.45) is 0. The van der Waals surface area contributed by atoms with Gasteiger partial charge >= 0.3 is 0 Å². The second kappa shape index (κ2) is 9.57. The molecule has 0 aliphatic rings. The number of para-hydroxylation sites is 2. The van der Waals surface area contributed by atoms with Crippen LogP contribution in [0.15, 0.2) is 47.4 Å². The zero-order chi connectivity index (χ0) is 20.7. The maximum Gasteiger partial charge on any atom is 0.243 e. The largest absolute Gasteiger partial charge is 0.495 e. The van der Waals surface area contributed by atoms with Crippen molar-refractivity contribution in [1.29, 1.82) is 0 Å². The minimum Gasteiger partial charge on any atom is -0.495 e. The number of hydrogen-bond acceptors (Lipinski definition) is 5. The molecule has 0 aliphatic heterocycles. The number of carbonyl (C=O) groups excluding carboxylic acids is 1. The van der Waals surface area contributed by atoms with E-state index in [2.05, 4.69) is 10.6 Å². The Morgan fingerprint density at radius 3 is 2.39 bits per heavy atom. The third kappa shape index (κ3) is 5.02. The van der Waals surface area contributed by atoms with Crippen LogP contribution < -0.4 is 15.4 Å². The van der Waals surface area contributed by atoms with Crippen LogP contribution in [0.1, 0.15) is 19.4 Å². The number of aryl methyl sites for hydroxylation is 1. The normalized spacial score (nSPS) is 11.3. The molecule has 0 spiro atoms. The summed E-state index contributed by atoms with van der Waals surface area (Å²) in [5, 5.41) is 5.80. The van der Waals surface area contributed by atoms with Crippen LogP contribution in [0.3, 0.4) is 0 Å². The van der Waals surface area contributed by atoms with Gasteiger partial charge in [-0.25, -0.2) is 8.42 Å². The monoisotopic (exact) mass is 405 g/mol. The van der Waals surface area contributed by atoms with Gasteiger partial charge in [0.25, 0.3) is 0 Å². The van der Waals surface area contributed by atoms with Gasteiger partial charge in [0, 0.05) is 18.8 Å². The topological polar surface area (TPSA) is 87.7 Å². The van der Waals surface area contributed by atoms with Crippen LogP contribution in [0, 0.1) is 6.92 Å². The summed E-state index contributed by atoms with van der Waals surface area (Å²) < 4.78 is 32.1. The molecule has 0 saturated carbocycles. The predicted octanol–water partition coefficient (Wildman–Crippen LogP) is 3.08. The van der Waals surface area contributed by atoms with E-state index in [-0.39, 0.29) is 17.3 Å². The van der Waals surface area contributed by atoms with Crippen molar-refractivity contribution < 1.29 is 17.9 Å². The lowest BCUT2D eigenvalue weighted by atomic mass is 10.2. The summed E-state index contributed by atoms with van der Waals surface area (Å²) >= 11 is 0. The Labute approximate surface area is 166 Å². The number of hydrogen-bond donors (Lipinski definition) is 2. The molecule has 0 fully saturated rings. The molecule has 7 nitrogen and oxygen atoms in total. The van der Waals surface area contributed by atoms with Crippen LogP contribution >= 0.6 is 0 Å². The highest BCUT2D eigenvalue weighted by Crippen LogP contribution is 2.24. The summed E-state index contributed by atoms with van der Waals surface area (Å²) in [5.74, 6) is 0.352. The first-order valence-corrected chi connectivity index (χ1v) is 10.5. The molecule has 0 bridgehead atoms. The number of benzene rings is 2. The van der Waals surface area contributed by atoms with Gasteiger partial charge in [-0.05, 0) is 36.8 Å². The minimum atomic E-state index is -3.59. The van der Waals surface area contributed by atoms with Gasteiger partial charge in [0.05, 0.1) is 24.2 Å². The highest BCUT2D eigenvalue weighted by atomic mass is 32.2. The van der Waals surface area contributed by atoms with Gasteiger partial charge in [-0.3, -0.25) is 4.79 Å². The van der Waals surface area contributed by atoms with Gasteiger partial charge in [-0.2, -0.15) is 4.31 Å². The molecule has 2 rings (SSSR count). The third-order valence-corrected chi connectivity index (χ3v) is 6.42. The van der Waals surface area contributed by atoms with Crippen LogP contribution in [-0.4, -0.2) is 45.4 Å². The van der Waals surface area contributed by atoms with E-state index in [1.54, 1.807) is 39.2 Å². The highest BCUT2D eigenvalue weighted by Gasteiger charge is 2.22. The molecule has 8 heteroatoms. The van der Waals surface area contributed by atoms with Crippen molar-refractivity contribution in [2.45, 2.75) is 25.7 Å². The summed E-state index contributed by atoms with van der Waals surface area (Å²) in [5.41, 5.74) is 1.96. The lowest BCUT2D eigenvalue weighted by Gasteiger charge is -2.19. The number of ether oxygens (including phenoxy) is 1. The number of nitrogens with zero attached hydrogens (tertiary/aromatic N) is 1. The smallest absolute Gasteiger partial charge is 0.243 e. The molecule has 0 saturated heterocycles. The number of sulfonamides is 1. The Morgan fingerprint density at radius 1 is 1.07 bits per heavy atom. The fourth-order valence-corrected chi connectivity index (χ4v) is 4.25. The maximum atomic E-state index is 12.7. The van der Waals surface area contributed by atoms with E-state index in [9.17, 15) is 13.2 Å². The van der Waals surface area contributed by atoms with E-state index in [0.29, 0.717) is 30.2 Å². The number of nitrogens with one attached hydrogen (secondary N) is 2. The van der Waals surface area contributed by atoms with Crippen molar-refractivity contribution in [2.75, 3.05) is 37.4 Å². The predicted molar refractivity (Wildman–Crippen MR) is 111 cm³/mol. The molecule has 2 N–H and O–H groups in total. The molecule has 2 aromatic rings. The fraction of sp³-hybridized carbons (Fsp3) is 0.350. The minimum absolute atomic E-state index is 0.0207. The Bertz CT molecular complexity index is 925. The molecule has 1 amide bonds. The number of methoxy groups -OCH3 is 1. The fourth-order valence-electron chi connectivity index (χ4n) is 2.77. The average molecular weight is 406 g/mol. The standard InChI is InChI=1S/C20H27N3O4S/c1-5-23(6-2)28(25,26)16-12-11-15(3)18(13-16)22-20(24)14-21-17-9-7-8-10-19(17)27-4/h7-13,21H,5-6,14H2,1-4H3,(H,22,24). The molecule has 0 aromatic heterocycles. The first kappa shape index (κ1) is 21.7. The lowest BCUT2D eigenvalue weighted by molar-refractivity contribution is -0.114. The van der Waals surface area contributed by atoms with Crippen LogP contribution in [0.5, 0.6) is 5.75 Å². The number of carbonyl (C=O) groups is 1. The number of rotatable bonds is 9. The second-order valence-corrected chi connectivity index (χ2v) is 8.11. The van der Waals surface area contributed by atoms with Gasteiger partial charge in [-0.1, -0.05) is 32.0 Å². The molecule has 28 heavy (non-hydrogen) atoms. The van der Waals surface area contributed by atoms with Crippen LogP contribution in [-0.2, 0) is 14.8 Å². The maximum absolute atomic E-state index is 12.7. The molecular formula is C20H27N3O4S. The van der Waals surface area contributed by atoms with E-state index < -0.39 is 10.0 Å². The van der Waals surface area contributed by atoms with Gasteiger partial charge in [0.2, 0.25) is 15.9 Å². The molecule has 0 unspecified atom stereocenters. The zero-order valence-electron chi connectivity index (χ0n) is 16.7. The Balaban J connectivity index is 2.14. The van der Waals surface area contributed by atoms with Crippen LogP contribution in [0.2, 0.25) is 0 Å². The second-order valence-electron chi connectivity index (χ2n) is 6.17. The molecular weight excluding hydrogens is 378 g/mol. The van der Waals surface area contributed by atoms with Crippen molar-refractivity contribution in [3.8, 4) is 5.75 Å². The van der Waals surface area contributed by atoms with Gasteiger partial charge < -0.3 is 15.4 Å². The Kier molecular flexibility index (Phi) is 7.42. The van der Waals surface area contributed by atoms with Crippen LogP contribution in [0.25, 0.3) is 0 Å². The van der Waals surface area contributed by atoms with Crippen molar-refractivity contribution >= 4 is 27.3 Å². The van der Waals surface area contributed by atoms with Gasteiger partial charge in [0.15, 0.2) is 0 Å². The summed E-state index contributed by atoms with van der Waals surface area (Å²) in [7, 11) is -2.03.